The van der Waals surface area contributed by atoms with E-state index in [0.717, 1.165) is 57.9 Å². The van der Waals surface area contributed by atoms with E-state index in [2.05, 4.69) is 46.8 Å². The molecule has 2 atom stereocenters. The van der Waals surface area contributed by atoms with Gasteiger partial charge in [-0.3, -0.25) is 9.79 Å². The van der Waals surface area contributed by atoms with E-state index in [1.165, 1.54) is 11.1 Å². The first-order chi connectivity index (χ1) is 14.7. The fraction of sp³-hybridized carbons (Fsp3) is 0.500. The molecule has 2 aromatic rings. The normalized spacial score (nSPS) is 19.5. The Morgan fingerprint density at radius 2 is 2.00 bits per heavy atom. The number of rotatable bonds is 8. The van der Waals surface area contributed by atoms with Crippen molar-refractivity contribution >= 4 is 5.96 Å². The number of hydrogen-bond donors (Lipinski definition) is 2. The standard InChI is InChI=1S/C24H34N4O2/c1-19-10-12-20(13-11-19)23-21(8-7-17-30-23)18-27-24(25-2)26-14-4-6-16-28-15-5-3-9-22(28)29/h3,5,9-13,15,21,23H,4,6-8,14,16-18H2,1-2H3,(H2,25,26,27). The second-order valence-corrected chi connectivity index (χ2v) is 7.92. The molecule has 3 rings (SSSR count). The molecule has 0 amide bonds. The summed E-state index contributed by atoms with van der Waals surface area (Å²) in [5.41, 5.74) is 2.58. The Morgan fingerprint density at radius 3 is 2.77 bits per heavy atom. The van der Waals surface area contributed by atoms with Crippen molar-refractivity contribution in [3.05, 3.63) is 70.1 Å². The van der Waals surface area contributed by atoms with Gasteiger partial charge in [0, 0.05) is 51.5 Å². The highest BCUT2D eigenvalue weighted by Gasteiger charge is 2.27. The van der Waals surface area contributed by atoms with E-state index in [1.807, 2.05) is 12.3 Å². The van der Waals surface area contributed by atoms with Crippen LogP contribution in [0.1, 0.15) is 42.9 Å². The average molecular weight is 411 g/mol. The van der Waals surface area contributed by atoms with Gasteiger partial charge in [0.2, 0.25) is 5.56 Å². The van der Waals surface area contributed by atoms with Gasteiger partial charge in [-0.1, -0.05) is 35.9 Å². The van der Waals surface area contributed by atoms with Crippen LogP contribution < -0.4 is 16.2 Å². The lowest BCUT2D eigenvalue weighted by molar-refractivity contribution is -0.0265. The maximum atomic E-state index is 11.7. The number of nitrogens with zero attached hydrogens (tertiary/aromatic N) is 2. The van der Waals surface area contributed by atoms with Crippen molar-refractivity contribution in [3.63, 3.8) is 0 Å². The van der Waals surface area contributed by atoms with Gasteiger partial charge in [0.15, 0.2) is 5.96 Å². The van der Waals surface area contributed by atoms with Crippen LogP contribution in [0, 0.1) is 12.8 Å². The highest BCUT2D eigenvalue weighted by atomic mass is 16.5. The number of hydrogen-bond acceptors (Lipinski definition) is 3. The minimum Gasteiger partial charge on any atom is -0.373 e. The fourth-order valence-electron chi connectivity index (χ4n) is 3.88. The molecule has 2 heterocycles. The number of aryl methyl sites for hydroxylation is 2. The minimum absolute atomic E-state index is 0.0563. The Hall–Kier alpha value is -2.60. The van der Waals surface area contributed by atoms with Crippen LogP contribution in [0.5, 0.6) is 0 Å². The number of pyridine rings is 1. The first kappa shape index (κ1) is 22.1. The Kier molecular flexibility index (Phi) is 8.51. The van der Waals surface area contributed by atoms with Crippen LogP contribution in [0.25, 0.3) is 0 Å². The van der Waals surface area contributed by atoms with Gasteiger partial charge in [-0.15, -0.1) is 0 Å². The number of unbranched alkanes of at least 4 members (excludes halogenated alkanes) is 1. The van der Waals surface area contributed by atoms with Crippen LogP contribution in [-0.2, 0) is 11.3 Å². The molecular weight excluding hydrogens is 376 g/mol. The van der Waals surface area contributed by atoms with Crippen molar-refractivity contribution in [3.8, 4) is 0 Å². The summed E-state index contributed by atoms with van der Waals surface area (Å²) in [6.45, 7) is 5.33. The quantitative estimate of drug-likeness (QED) is 0.398. The summed E-state index contributed by atoms with van der Waals surface area (Å²) in [6.07, 6.45) is 6.13. The molecule has 1 saturated heterocycles. The number of aliphatic imine (C=N–C) groups is 1. The fourth-order valence-corrected chi connectivity index (χ4v) is 3.88. The van der Waals surface area contributed by atoms with Gasteiger partial charge in [0.25, 0.3) is 0 Å². The minimum atomic E-state index is 0.0563. The molecule has 0 spiro atoms. The van der Waals surface area contributed by atoms with Gasteiger partial charge in [0.05, 0.1) is 6.10 Å². The molecule has 1 fully saturated rings. The van der Waals surface area contributed by atoms with Crippen LogP contribution in [0.15, 0.2) is 58.4 Å². The lowest BCUT2D eigenvalue weighted by Crippen LogP contribution is -2.42. The smallest absolute Gasteiger partial charge is 0.250 e. The first-order valence-electron chi connectivity index (χ1n) is 11.0. The Bertz CT molecular complexity index is 860. The maximum absolute atomic E-state index is 11.7. The molecule has 6 nitrogen and oxygen atoms in total. The van der Waals surface area contributed by atoms with Crippen LogP contribution in [-0.4, -0.2) is 37.3 Å². The molecule has 2 N–H and O–H groups in total. The zero-order valence-electron chi connectivity index (χ0n) is 18.1. The number of aromatic nitrogens is 1. The lowest BCUT2D eigenvalue weighted by atomic mass is 9.89. The van der Waals surface area contributed by atoms with E-state index in [0.29, 0.717) is 5.92 Å². The van der Waals surface area contributed by atoms with E-state index in [-0.39, 0.29) is 11.7 Å². The zero-order valence-corrected chi connectivity index (χ0v) is 18.1. The third-order valence-corrected chi connectivity index (χ3v) is 5.62. The summed E-state index contributed by atoms with van der Waals surface area (Å²) in [7, 11) is 1.80. The molecule has 6 heteroatoms. The molecule has 1 aromatic heterocycles. The van der Waals surface area contributed by atoms with Crippen molar-refractivity contribution in [1.82, 2.24) is 15.2 Å². The summed E-state index contributed by atoms with van der Waals surface area (Å²) in [4.78, 5) is 16.1. The summed E-state index contributed by atoms with van der Waals surface area (Å²) in [5.74, 6) is 1.24. The summed E-state index contributed by atoms with van der Waals surface area (Å²) < 4.78 is 7.87. The Balaban J connectivity index is 1.42. The second kappa shape index (κ2) is 11.6. The summed E-state index contributed by atoms with van der Waals surface area (Å²) in [5, 5.41) is 6.85. The van der Waals surface area contributed by atoms with Gasteiger partial charge < -0.3 is 19.9 Å². The van der Waals surface area contributed by atoms with Crippen LogP contribution in [0.4, 0.5) is 0 Å². The predicted octanol–water partition coefficient (Wildman–Crippen LogP) is 3.27. The Morgan fingerprint density at radius 1 is 1.17 bits per heavy atom. The lowest BCUT2D eigenvalue weighted by Gasteiger charge is -2.32. The molecule has 0 saturated carbocycles. The molecular formula is C24H34N4O2. The first-order valence-corrected chi connectivity index (χ1v) is 11.0. The predicted molar refractivity (Wildman–Crippen MR) is 122 cm³/mol. The monoisotopic (exact) mass is 410 g/mol. The van der Waals surface area contributed by atoms with Crippen LogP contribution in [0.2, 0.25) is 0 Å². The maximum Gasteiger partial charge on any atom is 0.250 e. The molecule has 162 valence electrons. The van der Waals surface area contributed by atoms with E-state index in [9.17, 15) is 4.79 Å². The Labute approximate surface area is 179 Å². The number of guanidine groups is 1. The third kappa shape index (κ3) is 6.46. The second-order valence-electron chi connectivity index (χ2n) is 7.92. The summed E-state index contributed by atoms with van der Waals surface area (Å²) >= 11 is 0. The van der Waals surface area contributed by atoms with Gasteiger partial charge in [-0.2, -0.15) is 0 Å². The van der Waals surface area contributed by atoms with Crippen molar-refractivity contribution in [2.45, 2.75) is 45.3 Å². The van der Waals surface area contributed by atoms with Gasteiger partial charge in [0.1, 0.15) is 0 Å². The van der Waals surface area contributed by atoms with Crippen molar-refractivity contribution in [2.24, 2.45) is 10.9 Å². The molecule has 0 radical (unpaired) electrons. The van der Waals surface area contributed by atoms with Gasteiger partial charge in [-0.25, -0.2) is 0 Å². The van der Waals surface area contributed by atoms with Crippen LogP contribution >= 0.6 is 0 Å². The molecule has 1 aliphatic heterocycles. The van der Waals surface area contributed by atoms with Gasteiger partial charge >= 0.3 is 0 Å². The average Bonchev–Trinajstić information content (AvgIpc) is 2.77. The van der Waals surface area contributed by atoms with E-state index >= 15 is 0 Å². The van der Waals surface area contributed by atoms with E-state index in [1.54, 1.807) is 23.7 Å². The van der Waals surface area contributed by atoms with E-state index < -0.39 is 0 Å². The number of nitrogens with one attached hydrogen (secondary N) is 2. The largest absolute Gasteiger partial charge is 0.373 e. The highest BCUT2D eigenvalue weighted by molar-refractivity contribution is 5.79. The van der Waals surface area contributed by atoms with Crippen LogP contribution in [0.3, 0.4) is 0 Å². The zero-order chi connectivity index (χ0) is 21.2. The summed E-state index contributed by atoms with van der Waals surface area (Å²) in [6, 6.07) is 13.9. The third-order valence-electron chi connectivity index (χ3n) is 5.62. The van der Waals surface area contributed by atoms with Crippen molar-refractivity contribution < 1.29 is 4.74 Å². The topological polar surface area (TPSA) is 67.7 Å². The highest BCUT2D eigenvalue weighted by Crippen LogP contribution is 2.33. The molecule has 1 aromatic carbocycles. The van der Waals surface area contributed by atoms with Crippen molar-refractivity contribution in [1.29, 1.82) is 0 Å². The molecule has 30 heavy (non-hydrogen) atoms. The van der Waals surface area contributed by atoms with E-state index in [4.69, 9.17) is 4.74 Å². The number of ether oxygens (including phenoxy) is 1. The number of benzene rings is 1. The molecule has 0 aliphatic carbocycles. The molecule has 1 aliphatic rings. The molecule has 0 bridgehead atoms. The van der Waals surface area contributed by atoms with Crippen molar-refractivity contribution in [2.75, 3.05) is 26.7 Å². The SMILES string of the molecule is CN=C(NCCCCn1ccccc1=O)NCC1CCCOC1c1ccc(C)cc1. The molecule has 2 unspecified atom stereocenters. The van der Waals surface area contributed by atoms with Gasteiger partial charge in [-0.05, 0) is 44.2 Å².